The number of nitrogens with two attached hydrogens (primary N) is 1. The van der Waals surface area contributed by atoms with Crippen molar-refractivity contribution >= 4 is 23.0 Å². The zero-order valence-electron chi connectivity index (χ0n) is 11.1. The van der Waals surface area contributed by atoms with Crippen molar-refractivity contribution in [2.24, 2.45) is 0 Å². The van der Waals surface area contributed by atoms with Crippen molar-refractivity contribution in [2.45, 2.75) is 18.9 Å². The van der Waals surface area contributed by atoms with E-state index < -0.39 is 0 Å². The van der Waals surface area contributed by atoms with Gasteiger partial charge in [-0.1, -0.05) is 30.3 Å². The first kappa shape index (κ1) is 12.5. The second kappa shape index (κ2) is 5.25. The number of hydrogen-bond donors (Lipinski definition) is 3. The second-order valence-corrected chi connectivity index (χ2v) is 4.97. The fraction of sp³-hybridized carbons (Fsp3) is 0.188. The topological polar surface area (TPSA) is 67.1 Å². The molecule has 0 radical (unpaired) electrons. The number of benzene rings is 2. The summed E-state index contributed by atoms with van der Waals surface area (Å²) in [5, 5.41) is 6.17. The molecule has 1 aliphatic heterocycles. The van der Waals surface area contributed by atoms with Crippen LogP contribution in [0.1, 0.15) is 12.0 Å². The number of amides is 1. The van der Waals surface area contributed by atoms with Gasteiger partial charge in [0.25, 0.3) is 0 Å². The molecule has 0 saturated carbocycles. The van der Waals surface area contributed by atoms with E-state index in [0.29, 0.717) is 11.4 Å². The number of fused-ring (bicyclic) bond motifs is 1. The van der Waals surface area contributed by atoms with E-state index in [1.54, 1.807) is 6.07 Å². The Labute approximate surface area is 118 Å². The first-order valence-corrected chi connectivity index (χ1v) is 6.74. The lowest BCUT2D eigenvalue weighted by Crippen LogP contribution is -2.37. The molecule has 0 bridgehead atoms. The molecule has 2 aromatic rings. The number of aryl methyl sites for hydroxylation is 1. The van der Waals surface area contributed by atoms with Crippen LogP contribution in [0.15, 0.2) is 48.5 Å². The summed E-state index contributed by atoms with van der Waals surface area (Å²) in [5.74, 6) is -0.0441. The molecule has 1 heterocycles. The van der Waals surface area contributed by atoms with Crippen molar-refractivity contribution in [1.29, 1.82) is 0 Å². The highest BCUT2D eigenvalue weighted by atomic mass is 16.2. The highest BCUT2D eigenvalue weighted by Gasteiger charge is 2.23. The normalized spacial score (nSPS) is 16.9. The number of hydrogen-bond acceptors (Lipinski definition) is 3. The minimum Gasteiger partial charge on any atom is -0.397 e. The molecular formula is C16H17N3O. The Bertz CT molecular complexity index is 639. The highest BCUT2D eigenvalue weighted by molar-refractivity contribution is 5.99. The molecular weight excluding hydrogens is 250 g/mol. The third-order valence-corrected chi connectivity index (χ3v) is 3.58. The molecule has 0 saturated heterocycles. The van der Waals surface area contributed by atoms with E-state index in [4.69, 9.17) is 5.73 Å². The zero-order valence-corrected chi connectivity index (χ0v) is 11.1. The lowest BCUT2D eigenvalue weighted by Gasteiger charge is -2.26. The fourth-order valence-corrected chi connectivity index (χ4v) is 2.47. The Hall–Kier alpha value is -2.49. The number of carbonyl (C=O) groups excluding carboxylic acids is 1. The average molecular weight is 267 g/mol. The summed E-state index contributed by atoms with van der Waals surface area (Å²) in [7, 11) is 0. The van der Waals surface area contributed by atoms with Crippen LogP contribution in [-0.2, 0) is 11.2 Å². The lowest BCUT2D eigenvalue weighted by molar-refractivity contribution is -0.117. The molecule has 4 nitrogen and oxygen atoms in total. The maximum atomic E-state index is 12.3. The summed E-state index contributed by atoms with van der Waals surface area (Å²) in [5.41, 5.74) is 9.39. The summed E-state index contributed by atoms with van der Waals surface area (Å²) in [4.78, 5) is 12.3. The molecule has 0 spiro atoms. The van der Waals surface area contributed by atoms with Crippen molar-refractivity contribution in [3.8, 4) is 0 Å². The smallest absolute Gasteiger partial charge is 0.246 e. The molecule has 1 aliphatic rings. The van der Waals surface area contributed by atoms with E-state index in [1.807, 2.05) is 36.4 Å². The molecule has 4 N–H and O–H groups in total. The minimum atomic E-state index is -0.218. The SMILES string of the molecule is Nc1ccccc1NC(=O)[C@H]1CCc2ccccc2N1. The van der Waals surface area contributed by atoms with Crippen molar-refractivity contribution in [1.82, 2.24) is 0 Å². The molecule has 20 heavy (non-hydrogen) atoms. The zero-order chi connectivity index (χ0) is 13.9. The molecule has 0 unspecified atom stereocenters. The Kier molecular flexibility index (Phi) is 3.29. The third-order valence-electron chi connectivity index (χ3n) is 3.58. The standard InChI is InChI=1S/C16H17N3O/c17-12-6-2-4-8-14(12)19-16(20)15-10-9-11-5-1-3-7-13(11)18-15/h1-8,15,18H,9-10,17H2,(H,19,20)/t15-/m1/s1. The van der Waals surface area contributed by atoms with Crippen molar-refractivity contribution < 1.29 is 4.79 Å². The van der Waals surface area contributed by atoms with E-state index in [0.717, 1.165) is 18.5 Å². The summed E-state index contributed by atoms with van der Waals surface area (Å²) in [6, 6.07) is 15.2. The van der Waals surface area contributed by atoms with Gasteiger partial charge in [-0.3, -0.25) is 4.79 Å². The maximum Gasteiger partial charge on any atom is 0.246 e. The number of carbonyl (C=O) groups is 1. The molecule has 4 heteroatoms. The Morgan fingerprint density at radius 1 is 1.15 bits per heavy atom. The van der Waals surface area contributed by atoms with Gasteiger partial charge in [-0.25, -0.2) is 0 Å². The number of anilines is 3. The van der Waals surface area contributed by atoms with Gasteiger partial charge >= 0.3 is 0 Å². The maximum absolute atomic E-state index is 12.3. The number of nitrogen functional groups attached to an aromatic ring is 1. The highest BCUT2D eigenvalue weighted by Crippen LogP contribution is 2.25. The average Bonchev–Trinajstić information content (AvgIpc) is 2.49. The van der Waals surface area contributed by atoms with E-state index in [1.165, 1.54) is 5.56 Å². The van der Waals surface area contributed by atoms with Gasteiger partial charge in [0.05, 0.1) is 11.4 Å². The Balaban J connectivity index is 1.72. The number of rotatable bonds is 2. The number of para-hydroxylation sites is 3. The van der Waals surface area contributed by atoms with Crippen LogP contribution in [0, 0.1) is 0 Å². The van der Waals surface area contributed by atoms with Crippen LogP contribution in [-0.4, -0.2) is 11.9 Å². The van der Waals surface area contributed by atoms with Crippen LogP contribution in [0.5, 0.6) is 0 Å². The van der Waals surface area contributed by atoms with Crippen LogP contribution in [0.4, 0.5) is 17.1 Å². The summed E-state index contributed by atoms with van der Waals surface area (Å²) in [6.45, 7) is 0. The predicted molar refractivity (Wildman–Crippen MR) is 81.7 cm³/mol. The molecule has 1 amide bonds. The van der Waals surface area contributed by atoms with Crippen LogP contribution < -0.4 is 16.4 Å². The van der Waals surface area contributed by atoms with Crippen LogP contribution in [0.25, 0.3) is 0 Å². The Morgan fingerprint density at radius 3 is 2.75 bits per heavy atom. The van der Waals surface area contributed by atoms with Gasteiger partial charge in [0.1, 0.15) is 6.04 Å². The van der Waals surface area contributed by atoms with E-state index >= 15 is 0 Å². The van der Waals surface area contributed by atoms with Crippen molar-refractivity contribution in [3.05, 3.63) is 54.1 Å². The van der Waals surface area contributed by atoms with E-state index in [2.05, 4.69) is 16.7 Å². The van der Waals surface area contributed by atoms with Crippen LogP contribution in [0.3, 0.4) is 0 Å². The first-order chi connectivity index (χ1) is 9.74. The molecule has 102 valence electrons. The van der Waals surface area contributed by atoms with Crippen LogP contribution in [0.2, 0.25) is 0 Å². The van der Waals surface area contributed by atoms with E-state index in [9.17, 15) is 4.79 Å². The summed E-state index contributed by atoms with van der Waals surface area (Å²) < 4.78 is 0. The summed E-state index contributed by atoms with van der Waals surface area (Å²) in [6.07, 6.45) is 1.70. The van der Waals surface area contributed by atoms with Gasteiger partial charge < -0.3 is 16.4 Å². The Morgan fingerprint density at radius 2 is 1.90 bits per heavy atom. The largest absolute Gasteiger partial charge is 0.397 e. The fourth-order valence-electron chi connectivity index (χ4n) is 2.47. The monoisotopic (exact) mass is 267 g/mol. The predicted octanol–water partition coefficient (Wildman–Crippen LogP) is 2.63. The van der Waals surface area contributed by atoms with Gasteiger partial charge in [-0.15, -0.1) is 0 Å². The van der Waals surface area contributed by atoms with Crippen molar-refractivity contribution in [3.63, 3.8) is 0 Å². The van der Waals surface area contributed by atoms with E-state index in [-0.39, 0.29) is 11.9 Å². The lowest BCUT2D eigenvalue weighted by atomic mass is 9.97. The minimum absolute atomic E-state index is 0.0441. The second-order valence-electron chi connectivity index (χ2n) is 4.97. The van der Waals surface area contributed by atoms with Gasteiger partial charge in [-0.2, -0.15) is 0 Å². The van der Waals surface area contributed by atoms with Gasteiger partial charge in [-0.05, 0) is 36.6 Å². The van der Waals surface area contributed by atoms with Gasteiger partial charge in [0.15, 0.2) is 0 Å². The van der Waals surface area contributed by atoms with Gasteiger partial charge in [0, 0.05) is 5.69 Å². The molecule has 0 aliphatic carbocycles. The molecule has 1 atom stereocenters. The molecule has 3 rings (SSSR count). The molecule has 0 aromatic heterocycles. The molecule has 2 aromatic carbocycles. The molecule has 0 fully saturated rings. The van der Waals surface area contributed by atoms with Gasteiger partial charge in [0.2, 0.25) is 5.91 Å². The third kappa shape index (κ3) is 2.45. The van der Waals surface area contributed by atoms with Crippen molar-refractivity contribution in [2.75, 3.05) is 16.4 Å². The first-order valence-electron chi connectivity index (χ1n) is 6.74. The number of nitrogens with one attached hydrogen (secondary N) is 2. The summed E-state index contributed by atoms with van der Waals surface area (Å²) >= 11 is 0. The quantitative estimate of drug-likeness (QED) is 0.733. The van der Waals surface area contributed by atoms with Crippen LogP contribution >= 0.6 is 0 Å².